The Morgan fingerprint density at radius 3 is 2.59 bits per heavy atom. The van der Waals surface area contributed by atoms with E-state index in [1.54, 1.807) is 6.92 Å². The van der Waals surface area contributed by atoms with Crippen molar-refractivity contribution in [2.75, 3.05) is 13.1 Å². The molecule has 102 valence electrons. The minimum atomic E-state index is -4.04. The third-order valence-electron chi connectivity index (χ3n) is 3.38. The van der Waals surface area contributed by atoms with Crippen molar-refractivity contribution in [3.05, 3.63) is 0 Å². The molecule has 1 rings (SSSR count). The van der Waals surface area contributed by atoms with Crippen molar-refractivity contribution in [3.63, 3.8) is 0 Å². The summed E-state index contributed by atoms with van der Waals surface area (Å²) in [5.74, 6) is 0. The number of piperidine rings is 1. The van der Waals surface area contributed by atoms with Gasteiger partial charge in [0.05, 0.1) is 6.10 Å². The first-order valence-corrected chi connectivity index (χ1v) is 6.39. The topological polar surface area (TPSA) is 23.5 Å². The second-order valence-corrected chi connectivity index (χ2v) is 4.91. The number of unbranched alkanes of at least 4 members (excludes halogenated alkanes) is 1. The van der Waals surface area contributed by atoms with Crippen LogP contribution in [-0.2, 0) is 0 Å². The number of hydrogen-bond donors (Lipinski definition) is 1. The summed E-state index contributed by atoms with van der Waals surface area (Å²) < 4.78 is 35.9. The lowest BCUT2D eigenvalue weighted by Crippen LogP contribution is -2.46. The molecule has 0 bridgehead atoms. The standard InChI is InChI=1S/C12H22F3NO/c1-10(17)11-6-2-4-8-16(11)9-5-3-7-12(13,14)15/h10-11,17H,2-9H2,1H3. The maximum atomic E-state index is 12.0. The first-order chi connectivity index (χ1) is 7.90. The van der Waals surface area contributed by atoms with Crippen molar-refractivity contribution in [1.29, 1.82) is 0 Å². The van der Waals surface area contributed by atoms with Crippen LogP contribution < -0.4 is 0 Å². The van der Waals surface area contributed by atoms with Crippen LogP contribution in [0.5, 0.6) is 0 Å². The van der Waals surface area contributed by atoms with Gasteiger partial charge in [-0.1, -0.05) is 6.42 Å². The van der Waals surface area contributed by atoms with E-state index in [0.717, 1.165) is 25.8 Å². The van der Waals surface area contributed by atoms with Gasteiger partial charge in [-0.2, -0.15) is 13.2 Å². The van der Waals surface area contributed by atoms with E-state index in [-0.39, 0.29) is 12.5 Å². The molecule has 1 aliphatic rings. The zero-order valence-corrected chi connectivity index (χ0v) is 10.3. The molecule has 0 aromatic carbocycles. The first-order valence-electron chi connectivity index (χ1n) is 6.39. The van der Waals surface area contributed by atoms with Gasteiger partial charge < -0.3 is 5.11 Å². The summed E-state index contributed by atoms with van der Waals surface area (Å²) in [5.41, 5.74) is 0. The Balaban J connectivity index is 2.24. The molecule has 0 aromatic heterocycles. The van der Waals surface area contributed by atoms with E-state index in [2.05, 4.69) is 4.90 Å². The summed E-state index contributed by atoms with van der Waals surface area (Å²) in [6, 6.07) is 0.134. The van der Waals surface area contributed by atoms with Gasteiger partial charge in [-0.15, -0.1) is 0 Å². The van der Waals surface area contributed by atoms with E-state index in [4.69, 9.17) is 0 Å². The number of likely N-dealkylation sites (tertiary alicyclic amines) is 1. The maximum absolute atomic E-state index is 12.0. The summed E-state index contributed by atoms with van der Waals surface area (Å²) in [4.78, 5) is 2.14. The summed E-state index contributed by atoms with van der Waals surface area (Å²) in [7, 11) is 0. The zero-order valence-electron chi connectivity index (χ0n) is 10.3. The second kappa shape index (κ2) is 6.59. The zero-order chi connectivity index (χ0) is 12.9. The highest BCUT2D eigenvalue weighted by molar-refractivity contribution is 4.80. The summed E-state index contributed by atoms with van der Waals surface area (Å²) in [6.45, 7) is 3.34. The van der Waals surface area contributed by atoms with E-state index in [9.17, 15) is 18.3 Å². The Labute approximate surface area is 101 Å². The molecule has 2 atom stereocenters. The van der Waals surface area contributed by atoms with E-state index >= 15 is 0 Å². The molecular weight excluding hydrogens is 231 g/mol. The molecule has 17 heavy (non-hydrogen) atoms. The Kier molecular flexibility index (Phi) is 5.73. The highest BCUT2D eigenvalue weighted by atomic mass is 19.4. The number of aliphatic hydroxyl groups excluding tert-OH is 1. The highest BCUT2D eigenvalue weighted by Crippen LogP contribution is 2.24. The molecule has 0 radical (unpaired) electrons. The van der Waals surface area contributed by atoms with Crippen molar-refractivity contribution in [2.24, 2.45) is 0 Å². The van der Waals surface area contributed by atoms with E-state index in [1.807, 2.05) is 0 Å². The van der Waals surface area contributed by atoms with Gasteiger partial charge in [-0.25, -0.2) is 0 Å². The molecule has 1 fully saturated rings. The molecule has 2 unspecified atom stereocenters. The van der Waals surface area contributed by atoms with Crippen LogP contribution >= 0.6 is 0 Å². The molecule has 5 heteroatoms. The van der Waals surface area contributed by atoms with Crippen LogP contribution in [0.2, 0.25) is 0 Å². The molecule has 0 amide bonds. The Bertz CT molecular complexity index is 218. The van der Waals surface area contributed by atoms with Gasteiger partial charge in [0, 0.05) is 12.5 Å². The van der Waals surface area contributed by atoms with Crippen LogP contribution in [0, 0.1) is 0 Å². The SMILES string of the molecule is CC(O)C1CCCCN1CCCCC(F)(F)F. The molecular formula is C12H22F3NO. The molecule has 0 aliphatic carbocycles. The number of alkyl halides is 3. The Hall–Kier alpha value is -0.290. The van der Waals surface area contributed by atoms with Crippen LogP contribution in [0.3, 0.4) is 0 Å². The summed E-state index contributed by atoms with van der Waals surface area (Å²) >= 11 is 0. The second-order valence-electron chi connectivity index (χ2n) is 4.91. The average Bonchev–Trinajstić information content (AvgIpc) is 2.23. The lowest BCUT2D eigenvalue weighted by molar-refractivity contribution is -0.135. The number of aliphatic hydroxyl groups is 1. The summed E-state index contributed by atoms with van der Waals surface area (Å²) in [5, 5.41) is 9.61. The molecule has 0 saturated carbocycles. The van der Waals surface area contributed by atoms with E-state index < -0.39 is 18.7 Å². The van der Waals surface area contributed by atoms with Gasteiger partial charge >= 0.3 is 6.18 Å². The van der Waals surface area contributed by atoms with Crippen molar-refractivity contribution in [2.45, 2.75) is 63.8 Å². The number of hydrogen-bond acceptors (Lipinski definition) is 2. The third-order valence-corrected chi connectivity index (χ3v) is 3.38. The summed E-state index contributed by atoms with van der Waals surface area (Å²) in [6.07, 6.45) is -1.23. The van der Waals surface area contributed by atoms with Gasteiger partial charge in [0.15, 0.2) is 0 Å². The van der Waals surface area contributed by atoms with Gasteiger partial charge in [-0.3, -0.25) is 4.90 Å². The van der Waals surface area contributed by atoms with Gasteiger partial charge in [-0.05, 0) is 45.7 Å². The van der Waals surface area contributed by atoms with Crippen LogP contribution in [0.1, 0.15) is 45.4 Å². The fourth-order valence-corrected chi connectivity index (χ4v) is 2.48. The minimum Gasteiger partial charge on any atom is -0.392 e. The molecule has 1 N–H and O–H groups in total. The van der Waals surface area contributed by atoms with Gasteiger partial charge in [0.2, 0.25) is 0 Å². The Morgan fingerprint density at radius 1 is 1.29 bits per heavy atom. The van der Waals surface area contributed by atoms with Crippen molar-refractivity contribution in [1.82, 2.24) is 4.90 Å². The van der Waals surface area contributed by atoms with E-state index in [1.165, 1.54) is 0 Å². The molecule has 0 aromatic rings. The van der Waals surface area contributed by atoms with Gasteiger partial charge in [0.25, 0.3) is 0 Å². The van der Waals surface area contributed by atoms with Crippen molar-refractivity contribution < 1.29 is 18.3 Å². The predicted molar refractivity (Wildman–Crippen MR) is 60.8 cm³/mol. The smallest absolute Gasteiger partial charge is 0.389 e. The fraction of sp³-hybridized carbons (Fsp3) is 1.00. The molecule has 2 nitrogen and oxygen atoms in total. The number of nitrogens with zero attached hydrogens (tertiary/aromatic N) is 1. The largest absolute Gasteiger partial charge is 0.392 e. The number of halogens is 3. The van der Waals surface area contributed by atoms with Crippen LogP contribution in [0.15, 0.2) is 0 Å². The lowest BCUT2D eigenvalue weighted by Gasteiger charge is -2.37. The highest BCUT2D eigenvalue weighted by Gasteiger charge is 2.28. The lowest BCUT2D eigenvalue weighted by atomic mass is 9.97. The molecule has 0 spiro atoms. The van der Waals surface area contributed by atoms with Crippen LogP contribution in [0.4, 0.5) is 13.2 Å². The average molecular weight is 253 g/mol. The van der Waals surface area contributed by atoms with Crippen molar-refractivity contribution in [3.8, 4) is 0 Å². The minimum absolute atomic E-state index is 0.134. The maximum Gasteiger partial charge on any atom is 0.389 e. The monoisotopic (exact) mass is 253 g/mol. The van der Waals surface area contributed by atoms with Crippen molar-refractivity contribution >= 4 is 0 Å². The molecule has 1 aliphatic heterocycles. The quantitative estimate of drug-likeness (QED) is 0.761. The van der Waals surface area contributed by atoms with Crippen LogP contribution in [-0.4, -0.2) is 41.4 Å². The normalized spacial score (nSPS) is 24.9. The first kappa shape index (κ1) is 14.8. The fourth-order valence-electron chi connectivity index (χ4n) is 2.48. The van der Waals surface area contributed by atoms with Crippen LogP contribution in [0.25, 0.3) is 0 Å². The third kappa shape index (κ3) is 5.73. The van der Waals surface area contributed by atoms with E-state index in [0.29, 0.717) is 13.0 Å². The Morgan fingerprint density at radius 2 is 2.00 bits per heavy atom. The molecule has 1 heterocycles. The van der Waals surface area contributed by atoms with Gasteiger partial charge in [0.1, 0.15) is 0 Å². The molecule has 1 saturated heterocycles. The predicted octanol–water partition coefficient (Wildman–Crippen LogP) is 2.95. The number of rotatable bonds is 5.